The zero-order chi connectivity index (χ0) is 25.1. The molecule has 2 aliphatic heterocycles. The number of halogens is 3. The third kappa shape index (κ3) is 3.81. The van der Waals surface area contributed by atoms with E-state index in [1.54, 1.807) is 7.11 Å². The third-order valence-electron chi connectivity index (χ3n) is 7.39. The zero-order valence-corrected chi connectivity index (χ0v) is 19.7. The smallest absolute Gasteiger partial charge is 0.254 e. The molecule has 1 atom stereocenters. The number of hydrogen-bond acceptors (Lipinski definition) is 6. The Labute approximate surface area is 200 Å². The van der Waals surface area contributed by atoms with Crippen molar-refractivity contribution in [2.75, 3.05) is 37.5 Å². The number of nitrogens with one attached hydrogen (secondary N) is 1. The molecule has 1 aromatic heterocycles. The van der Waals surface area contributed by atoms with Crippen molar-refractivity contribution in [1.82, 2.24) is 14.9 Å². The molecule has 0 bridgehead atoms. The molecular formula is C24H26F3N5O3. The van der Waals surface area contributed by atoms with Crippen LogP contribution < -0.4 is 10.2 Å². The number of likely N-dealkylation sites (N-methyl/N-ethyl adjacent to an activating group) is 1. The van der Waals surface area contributed by atoms with E-state index >= 15 is 0 Å². The van der Waals surface area contributed by atoms with Crippen molar-refractivity contribution in [1.29, 1.82) is 0 Å². The molecule has 1 N–H and O–H groups in total. The SMILES string of the molecule is COC1([C@H]2C(=O)Nc3c(C)nc(CC4CN(C(=O)c5cc(F)c(F)c(F)c5)C4)nc3N2C)CCC1. The van der Waals surface area contributed by atoms with Crippen molar-refractivity contribution in [3.63, 3.8) is 0 Å². The Morgan fingerprint density at radius 3 is 2.43 bits per heavy atom. The van der Waals surface area contributed by atoms with E-state index in [1.807, 2.05) is 18.9 Å². The number of rotatable bonds is 5. The van der Waals surface area contributed by atoms with Gasteiger partial charge in [0.1, 0.15) is 17.6 Å². The molecule has 8 nitrogen and oxygen atoms in total. The Kier molecular flexibility index (Phi) is 5.70. The predicted molar refractivity (Wildman–Crippen MR) is 121 cm³/mol. The van der Waals surface area contributed by atoms with Crippen LogP contribution in [0.2, 0.25) is 0 Å². The second-order valence-corrected chi connectivity index (χ2v) is 9.58. The lowest BCUT2D eigenvalue weighted by Gasteiger charge is -2.50. The van der Waals surface area contributed by atoms with E-state index in [2.05, 4.69) is 10.3 Å². The number of carbonyl (C=O) groups excluding carboxylic acids is 2. The second-order valence-electron chi connectivity index (χ2n) is 9.58. The first-order valence-electron chi connectivity index (χ1n) is 11.5. The number of anilines is 2. The molecule has 0 radical (unpaired) electrons. The topological polar surface area (TPSA) is 87.7 Å². The van der Waals surface area contributed by atoms with Gasteiger partial charge in [0.15, 0.2) is 23.3 Å². The molecule has 1 aliphatic carbocycles. The van der Waals surface area contributed by atoms with Crippen molar-refractivity contribution in [3.8, 4) is 0 Å². The van der Waals surface area contributed by atoms with E-state index in [9.17, 15) is 22.8 Å². The summed E-state index contributed by atoms with van der Waals surface area (Å²) in [5.41, 5.74) is 0.457. The molecule has 1 aromatic carbocycles. The Hall–Kier alpha value is -3.21. The first-order chi connectivity index (χ1) is 16.6. The zero-order valence-electron chi connectivity index (χ0n) is 19.7. The van der Waals surface area contributed by atoms with Gasteiger partial charge in [0, 0.05) is 45.1 Å². The third-order valence-corrected chi connectivity index (χ3v) is 7.39. The molecular weight excluding hydrogens is 463 g/mol. The van der Waals surface area contributed by atoms with Crippen LogP contribution in [0.4, 0.5) is 24.7 Å². The summed E-state index contributed by atoms with van der Waals surface area (Å²) in [6.07, 6.45) is 3.09. The summed E-state index contributed by atoms with van der Waals surface area (Å²) in [5, 5.41) is 2.95. The minimum atomic E-state index is -1.60. The molecule has 35 heavy (non-hydrogen) atoms. The molecule has 2 aromatic rings. The van der Waals surface area contributed by atoms with Crippen LogP contribution >= 0.6 is 0 Å². The highest BCUT2D eigenvalue weighted by molar-refractivity contribution is 6.04. The van der Waals surface area contributed by atoms with E-state index < -0.39 is 35.0 Å². The van der Waals surface area contributed by atoms with E-state index in [-0.39, 0.29) is 17.4 Å². The number of aryl methyl sites for hydroxylation is 1. The van der Waals surface area contributed by atoms with Crippen LogP contribution in [-0.2, 0) is 16.0 Å². The molecule has 0 spiro atoms. The molecule has 1 saturated heterocycles. The molecule has 3 heterocycles. The summed E-state index contributed by atoms with van der Waals surface area (Å²) in [6.45, 7) is 2.53. The molecule has 0 unspecified atom stereocenters. The van der Waals surface area contributed by atoms with Crippen LogP contribution in [0.1, 0.15) is 41.1 Å². The van der Waals surface area contributed by atoms with Crippen LogP contribution in [0, 0.1) is 30.3 Å². The molecule has 3 aliphatic rings. The van der Waals surface area contributed by atoms with Crippen molar-refractivity contribution in [2.45, 2.75) is 44.2 Å². The van der Waals surface area contributed by atoms with Gasteiger partial charge >= 0.3 is 0 Å². The molecule has 11 heteroatoms. The van der Waals surface area contributed by atoms with Gasteiger partial charge in [-0.2, -0.15) is 0 Å². The fraction of sp³-hybridized carbons (Fsp3) is 0.500. The van der Waals surface area contributed by atoms with Gasteiger partial charge in [-0.25, -0.2) is 23.1 Å². The van der Waals surface area contributed by atoms with E-state index in [1.165, 1.54) is 4.90 Å². The van der Waals surface area contributed by atoms with Gasteiger partial charge in [0.05, 0.1) is 11.3 Å². The second kappa shape index (κ2) is 8.47. The summed E-state index contributed by atoms with van der Waals surface area (Å²) in [6, 6.07) is 0.919. The molecule has 2 fully saturated rings. The number of hydrogen-bond donors (Lipinski definition) is 1. The maximum Gasteiger partial charge on any atom is 0.254 e. The van der Waals surface area contributed by atoms with Crippen molar-refractivity contribution in [2.24, 2.45) is 5.92 Å². The monoisotopic (exact) mass is 489 g/mol. The Morgan fingerprint density at radius 1 is 1.20 bits per heavy atom. The van der Waals surface area contributed by atoms with Gasteiger partial charge in [-0.05, 0) is 38.3 Å². The summed E-state index contributed by atoms with van der Waals surface area (Å²) >= 11 is 0. The largest absolute Gasteiger partial charge is 0.376 e. The highest BCUT2D eigenvalue weighted by atomic mass is 19.2. The lowest BCUT2D eigenvalue weighted by atomic mass is 9.73. The number of methoxy groups -OCH3 is 1. The number of nitrogens with zero attached hydrogens (tertiary/aromatic N) is 4. The van der Waals surface area contributed by atoms with Gasteiger partial charge in [0.25, 0.3) is 5.91 Å². The summed E-state index contributed by atoms with van der Waals surface area (Å²) in [5.74, 6) is -3.81. The normalized spacial score (nSPS) is 21.2. The lowest BCUT2D eigenvalue weighted by Crippen LogP contribution is -2.64. The average Bonchev–Trinajstić information content (AvgIpc) is 2.76. The van der Waals surface area contributed by atoms with Crippen molar-refractivity contribution in [3.05, 3.63) is 46.7 Å². The fourth-order valence-electron chi connectivity index (χ4n) is 5.29. The number of amides is 2. The first kappa shape index (κ1) is 23.5. The number of fused-ring (bicyclic) bond motifs is 1. The van der Waals surface area contributed by atoms with Crippen molar-refractivity contribution >= 4 is 23.3 Å². The quantitative estimate of drug-likeness (QED) is 0.650. The lowest BCUT2D eigenvalue weighted by molar-refractivity contribution is -0.135. The fourth-order valence-corrected chi connectivity index (χ4v) is 5.29. The maximum absolute atomic E-state index is 13.5. The Morgan fingerprint density at radius 2 is 1.86 bits per heavy atom. The van der Waals surface area contributed by atoms with Gasteiger partial charge in [-0.3, -0.25) is 9.59 Å². The first-order valence-corrected chi connectivity index (χ1v) is 11.5. The van der Waals surface area contributed by atoms with Gasteiger partial charge in [-0.15, -0.1) is 0 Å². The summed E-state index contributed by atoms with van der Waals surface area (Å²) in [7, 11) is 3.47. The minimum absolute atomic E-state index is 0.0581. The summed E-state index contributed by atoms with van der Waals surface area (Å²) < 4.78 is 45.9. The summed E-state index contributed by atoms with van der Waals surface area (Å²) in [4.78, 5) is 38.0. The van der Waals surface area contributed by atoms with Crippen LogP contribution in [0.25, 0.3) is 0 Å². The highest BCUT2D eigenvalue weighted by Crippen LogP contribution is 2.44. The van der Waals surface area contributed by atoms with Crippen LogP contribution in [0.15, 0.2) is 12.1 Å². The van der Waals surface area contributed by atoms with Crippen LogP contribution in [0.3, 0.4) is 0 Å². The van der Waals surface area contributed by atoms with Crippen LogP contribution in [0.5, 0.6) is 0 Å². The molecule has 186 valence electrons. The maximum atomic E-state index is 13.5. The number of aromatic nitrogens is 2. The van der Waals surface area contributed by atoms with E-state index in [0.29, 0.717) is 54.7 Å². The number of likely N-dealkylation sites (tertiary alicyclic amines) is 1. The highest BCUT2D eigenvalue weighted by Gasteiger charge is 2.52. The van der Waals surface area contributed by atoms with Crippen LogP contribution in [-0.4, -0.2) is 65.6 Å². The van der Waals surface area contributed by atoms with E-state index in [0.717, 1.165) is 19.3 Å². The minimum Gasteiger partial charge on any atom is -0.376 e. The Bertz CT molecular complexity index is 1180. The molecule has 2 amide bonds. The number of ether oxygens (including phenoxy) is 1. The predicted octanol–water partition coefficient (Wildman–Crippen LogP) is 2.84. The Balaban J connectivity index is 1.29. The van der Waals surface area contributed by atoms with Crippen molar-refractivity contribution < 1.29 is 27.5 Å². The molecule has 5 rings (SSSR count). The average molecular weight is 489 g/mol. The van der Waals surface area contributed by atoms with E-state index in [4.69, 9.17) is 9.72 Å². The van der Waals surface area contributed by atoms with Gasteiger partial charge in [-0.1, -0.05) is 0 Å². The van der Waals surface area contributed by atoms with Gasteiger partial charge < -0.3 is 19.9 Å². The number of benzene rings is 1. The molecule has 1 saturated carbocycles. The number of carbonyl (C=O) groups is 2. The van der Waals surface area contributed by atoms with Gasteiger partial charge in [0.2, 0.25) is 5.91 Å². The standard InChI is InChI=1S/C24H26F3N5O3/c1-12-19-21(31(2)20(22(33)30-19)24(35-3)5-4-6-24)29-17(28-12)7-13-10-32(11-13)23(34)14-8-15(25)18(27)16(26)9-14/h8-9,13,20H,4-7,10-11H2,1-3H3,(H,30,33)/t20-/m1/s1.